The van der Waals surface area contributed by atoms with Crippen LogP contribution in [0.1, 0.15) is 17.2 Å². The fourth-order valence-corrected chi connectivity index (χ4v) is 3.75. The Bertz CT molecular complexity index is 760. The third-order valence-electron chi connectivity index (χ3n) is 3.82. The van der Waals surface area contributed by atoms with Gasteiger partial charge in [-0.05, 0) is 11.1 Å². The van der Waals surface area contributed by atoms with Crippen molar-refractivity contribution in [3.05, 3.63) is 55.5 Å². The van der Waals surface area contributed by atoms with Crippen molar-refractivity contribution >= 4 is 46.4 Å². The van der Waals surface area contributed by atoms with Crippen LogP contribution in [0, 0.1) is 0 Å². The minimum Gasteiger partial charge on any atom is -0.480 e. The van der Waals surface area contributed by atoms with Crippen molar-refractivity contribution in [2.75, 3.05) is 0 Å². The number of benzene rings is 2. The van der Waals surface area contributed by atoms with E-state index in [1.807, 2.05) is 18.2 Å². The zero-order valence-corrected chi connectivity index (χ0v) is 13.5. The molecule has 2 aromatic rings. The fourth-order valence-electron chi connectivity index (χ4n) is 2.84. The lowest BCUT2D eigenvalue weighted by Crippen LogP contribution is -2.30. The van der Waals surface area contributed by atoms with Gasteiger partial charge in [-0.25, -0.2) is 0 Å². The second-order valence-electron chi connectivity index (χ2n) is 5.01. The number of hydrogen-bond donors (Lipinski definition) is 0. The second-order valence-corrected chi connectivity index (χ2v) is 6.52. The minimum absolute atomic E-state index is 0.138. The van der Waals surface area contributed by atoms with Gasteiger partial charge in [-0.3, -0.25) is 0 Å². The summed E-state index contributed by atoms with van der Waals surface area (Å²) in [5.41, 5.74) is 2.30. The van der Waals surface area contributed by atoms with E-state index < -0.39 is 0 Å². The molecule has 2 aliphatic rings. The highest BCUT2D eigenvalue weighted by Crippen LogP contribution is 2.55. The van der Waals surface area contributed by atoms with Gasteiger partial charge in [-0.2, -0.15) is 0 Å². The van der Waals surface area contributed by atoms with E-state index in [4.69, 9.17) is 55.9 Å². The van der Waals surface area contributed by atoms with Crippen LogP contribution in [0.15, 0.2) is 24.3 Å². The molecule has 0 fully saturated rings. The van der Waals surface area contributed by atoms with E-state index in [9.17, 15) is 0 Å². The van der Waals surface area contributed by atoms with Crippen LogP contribution in [0.25, 0.3) is 0 Å². The molecule has 0 radical (unpaired) electrons. The Hall–Kier alpha value is -0.800. The average molecular weight is 362 g/mol. The van der Waals surface area contributed by atoms with E-state index in [2.05, 4.69) is 6.07 Å². The lowest BCUT2D eigenvalue weighted by molar-refractivity contribution is 0.0328. The van der Waals surface area contributed by atoms with E-state index >= 15 is 0 Å². The standard InChI is InChI=1S/C15H8Cl4O2/c16-9-10(17)12(19)15-14(11(9)18)20-8-5-6-3-1-2-4-7(6)13(8)21-15/h1-4,8,13H,5H2/t8-,13+/m0/s1. The highest BCUT2D eigenvalue weighted by atomic mass is 35.5. The molecule has 0 bridgehead atoms. The van der Waals surface area contributed by atoms with Gasteiger partial charge < -0.3 is 9.47 Å². The first-order chi connectivity index (χ1) is 10.1. The van der Waals surface area contributed by atoms with Gasteiger partial charge in [0.15, 0.2) is 17.6 Å². The number of hydrogen-bond acceptors (Lipinski definition) is 2. The highest BCUT2D eigenvalue weighted by Gasteiger charge is 2.42. The molecular formula is C15H8Cl4O2. The largest absolute Gasteiger partial charge is 0.480 e. The first kappa shape index (κ1) is 13.8. The van der Waals surface area contributed by atoms with Crippen molar-refractivity contribution in [2.45, 2.75) is 18.6 Å². The van der Waals surface area contributed by atoms with Crippen LogP contribution in [-0.4, -0.2) is 6.10 Å². The molecule has 0 saturated carbocycles. The molecule has 1 aliphatic carbocycles. The van der Waals surface area contributed by atoms with E-state index in [-0.39, 0.29) is 32.3 Å². The summed E-state index contributed by atoms with van der Waals surface area (Å²) in [5.74, 6) is 0.721. The van der Waals surface area contributed by atoms with Crippen molar-refractivity contribution in [3.63, 3.8) is 0 Å². The summed E-state index contributed by atoms with van der Waals surface area (Å²) in [5, 5.41) is 0.814. The van der Waals surface area contributed by atoms with Crippen LogP contribution < -0.4 is 9.47 Å². The maximum atomic E-state index is 6.23. The molecule has 4 rings (SSSR count). The number of rotatable bonds is 0. The number of fused-ring (bicyclic) bond motifs is 4. The van der Waals surface area contributed by atoms with Crippen LogP contribution in [0.5, 0.6) is 11.5 Å². The van der Waals surface area contributed by atoms with Gasteiger partial charge in [-0.1, -0.05) is 70.7 Å². The molecule has 0 unspecified atom stereocenters. The van der Waals surface area contributed by atoms with E-state index in [1.165, 1.54) is 5.56 Å². The van der Waals surface area contributed by atoms with E-state index in [0.29, 0.717) is 11.5 Å². The zero-order valence-electron chi connectivity index (χ0n) is 10.5. The molecule has 2 aromatic carbocycles. The fraction of sp³-hybridized carbons (Fsp3) is 0.200. The summed E-state index contributed by atoms with van der Waals surface area (Å²) in [7, 11) is 0. The van der Waals surface area contributed by atoms with E-state index in [1.54, 1.807) is 0 Å². The Morgan fingerprint density at radius 1 is 0.810 bits per heavy atom. The maximum Gasteiger partial charge on any atom is 0.184 e. The molecule has 1 heterocycles. The molecule has 0 N–H and O–H groups in total. The summed E-state index contributed by atoms with van der Waals surface area (Å²) in [6, 6.07) is 8.07. The van der Waals surface area contributed by atoms with Crippen molar-refractivity contribution in [2.24, 2.45) is 0 Å². The van der Waals surface area contributed by atoms with Crippen LogP contribution in [0.4, 0.5) is 0 Å². The molecule has 108 valence electrons. The molecule has 2 nitrogen and oxygen atoms in total. The Labute approximate surface area is 141 Å². The van der Waals surface area contributed by atoms with Gasteiger partial charge >= 0.3 is 0 Å². The molecule has 0 spiro atoms. The predicted molar refractivity (Wildman–Crippen MR) is 84.4 cm³/mol. The molecule has 21 heavy (non-hydrogen) atoms. The summed E-state index contributed by atoms with van der Waals surface area (Å²) >= 11 is 24.6. The molecule has 0 saturated heterocycles. The van der Waals surface area contributed by atoms with Gasteiger partial charge in [-0.15, -0.1) is 0 Å². The van der Waals surface area contributed by atoms with Crippen molar-refractivity contribution in [1.82, 2.24) is 0 Å². The Balaban J connectivity index is 1.86. The van der Waals surface area contributed by atoms with Crippen LogP contribution >= 0.6 is 46.4 Å². The summed E-state index contributed by atoms with van der Waals surface area (Å²) in [6.07, 6.45) is 0.411. The summed E-state index contributed by atoms with van der Waals surface area (Å²) in [6.45, 7) is 0. The lowest BCUT2D eigenvalue weighted by atomic mass is 10.1. The SMILES string of the molecule is Clc1c(Cl)c(Cl)c2c(c1Cl)O[C@H]1Cc3ccccc3[C@H]1O2. The van der Waals surface area contributed by atoms with E-state index in [0.717, 1.165) is 12.0 Å². The first-order valence-corrected chi connectivity index (χ1v) is 7.86. The molecule has 6 heteroatoms. The summed E-state index contributed by atoms with van der Waals surface area (Å²) < 4.78 is 12.0. The van der Waals surface area contributed by atoms with Crippen LogP contribution in [-0.2, 0) is 6.42 Å². The third-order valence-corrected chi connectivity index (χ3v) is 5.58. The Kier molecular flexibility index (Phi) is 3.20. The first-order valence-electron chi connectivity index (χ1n) is 6.35. The smallest absolute Gasteiger partial charge is 0.184 e. The molecule has 2 atom stereocenters. The van der Waals surface area contributed by atoms with Gasteiger partial charge in [0.1, 0.15) is 16.1 Å². The summed E-state index contributed by atoms with van der Waals surface area (Å²) in [4.78, 5) is 0. The highest BCUT2D eigenvalue weighted by molar-refractivity contribution is 6.53. The van der Waals surface area contributed by atoms with Crippen molar-refractivity contribution in [1.29, 1.82) is 0 Å². The quantitative estimate of drug-likeness (QED) is 0.440. The average Bonchev–Trinajstić information content (AvgIpc) is 2.87. The van der Waals surface area contributed by atoms with Crippen molar-refractivity contribution in [3.8, 4) is 11.5 Å². The maximum absolute atomic E-state index is 6.23. The normalized spacial score (nSPS) is 21.9. The van der Waals surface area contributed by atoms with Gasteiger partial charge in [0.05, 0.1) is 10.0 Å². The molecular weight excluding hydrogens is 354 g/mol. The predicted octanol–water partition coefficient (Wildman–Crippen LogP) is 5.74. The Morgan fingerprint density at radius 3 is 2.14 bits per heavy atom. The van der Waals surface area contributed by atoms with Crippen LogP contribution in [0.2, 0.25) is 20.1 Å². The Morgan fingerprint density at radius 2 is 1.43 bits per heavy atom. The topological polar surface area (TPSA) is 18.5 Å². The lowest BCUT2D eigenvalue weighted by Gasteiger charge is -2.31. The monoisotopic (exact) mass is 360 g/mol. The minimum atomic E-state index is -0.209. The second kappa shape index (κ2) is 4.85. The zero-order chi connectivity index (χ0) is 14.7. The molecule has 1 aliphatic heterocycles. The van der Waals surface area contributed by atoms with Crippen molar-refractivity contribution < 1.29 is 9.47 Å². The van der Waals surface area contributed by atoms with Crippen LogP contribution in [0.3, 0.4) is 0 Å². The van der Waals surface area contributed by atoms with Gasteiger partial charge in [0.25, 0.3) is 0 Å². The van der Waals surface area contributed by atoms with Gasteiger partial charge in [0.2, 0.25) is 0 Å². The van der Waals surface area contributed by atoms with Gasteiger partial charge in [0, 0.05) is 6.42 Å². The molecule has 0 aromatic heterocycles. The third kappa shape index (κ3) is 1.93. The molecule has 0 amide bonds. The number of halogens is 4. The number of ether oxygens (including phenoxy) is 2.